The van der Waals surface area contributed by atoms with Gasteiger partial charge < -0.3 is 10.1 Å². The van der Waals surface area contributed by atoms with E-state index in [1.54, 1.807) is 7.11 Å². The highest BCUT2D eigenvalue weighted by atomic mass is 16.5. The van der Waals surface area contributed by atoms with Crippen LogP contribution >= 0.6 is 0 Å². The molecule has 1 heterocycles. The highest BCUT2D eigenvalue weighted by Gasteiger charge is 2.28. The molecule has 2 nitrogen and oxygen atoms in total. The topological polar surface area (TPSA) is 21.3 Å². The Kier molecular flexibility index (Phi) is 4.02. The van der Waals surface area contributed by atoms with Crippen LogP contribution in [0.1, 0.15) is 39.0 Å². The molecule has 0 aliphatic carbocycles. The minimum atomic E-state index is 0.397. The van der Waals surface area contributed by atoms with Gasteiger partial charge in [0, 0.05) is 19.3 Å². The minimum absolute atomic E-state index is 0.397. The van der Waals surface area contributed by atoms with Crippen LogP contribution in [0.5, 0.6) is 0 Å². The van der Waals surface area contributed by atoms with Crippen molar-refractivity contribution in [1.82, 2.24) is 5.32 Å². The summed E-state index contributed by atoms with van der Waals surface area (Å²) >= 11 is 0. The molecule has 72 valence electrons. The van der Waals surface area contributed by atoms with Gasteiger partial charge in [-0.1, -0.05) is 13.3 Å². The van der Waals surface area contributed by atoms with E-state index in [4.69, 9.17) is 4.74 Å². The maximum atomic E-state index is 5.13. The Morgan fingerprint density at radius 2 is 2.25 bits per heavy atom. The molecule has 0 amide bonds. The molecule has 1 aliphatic heterocycles. The standard InChI is InChI=1S/C10H21NO/c1-3-10(7-9-12-2)6-4-5-8-11-10/h11H,3-9H2,1-2H3. The molecule has 0 saturated carbocycles. The summed E-state index contributed by atoms with van der Waals surface area (Å²) in [5.41, 5.74) is 0.397. The predicted molar refractivity (Wildman–Crippen MR) is 51.4 cm³/mol. The average Bonchev–Trinajstić information content (AvgIpc) is 2.16. The third-order valence-corrected chi connectivity index (χ3v) is 3.04. The third kappa shape index (κ3) is 2.46. The number of hydrogen-bond donors (Lipinski definition) is 1. The predicted octanol–water partition coefficient (Wildman–Crippen LogP) is 1.95. The van der Waals surface area contributed by atoms with Crippen molar-refractivity contribution in [2.24, 2.45) is 0 Å². The summed E-state index contributed by atoms with van der Waals surface area (Å²) in [6.45, 7) is 4.35. The van der Waals surface area contributed by atoms with E-state index in [2.05, 4.69) is 12.2 Å². The number of ether oxygens (including phenoxy) is 1. The van der Waals surface area contributed by atoms with Crippen molar-refractivity contribution >= 4 is 0 Å². The zero-order chi connectivity index (χ0) is 8.86. The van der Waals surface area contributed by atoms with Crippen LogP contribution in [0.4, 0.5) is 0 Å². The van der Waals surface area contributed by atoms with Crippen LogP contribution in [0.15, 0.2) is 0 Å². The molecule has 12 heavy (non-hydrogen) atoms. The summed E-state index contributed by atoms with van der Waals surface area (Å²) in [6, 6.07) is 0. The van der Waals surface area contributed by atoms with Crippen molar-refractivity contribution in [3.63, 3.8) is 0 Å². The lowest BCUT2D eigenvalue weighted by Gasteiger charge is -2.37. The maximum Gasteiger partial charge on any atom is 0.0479 e. The second-order valence-corrected chi connectivity index (χ2v) is 3.76. The molecule has 0 aromatic carbocycles. The Labute approximate surface area is 75.7 Å². The lowest BCUT2D eigenvalue weighted by atomic mass is 9.84. The lowest BCUT2D eigenvalue weighted by Crippen LogP contribution is -2.48. The maximum absolute atomic E-state index is 5.13. The first-order valence-electron chi connectivity index (χ1n) is 5.07. The van der Waals surface area contributed by atoms with Crippen molar-refractivity contribution in [3.8, 4) is 0 Å². The number of piperidine rings is 1. The molecule has 0 spiro atoms. The van der Waals surface area contributed by atoms with Crippen molar-refractivity contribution in [2.75, 3.05) is 20.3 Å². The van der Waals surface area contributed by atoms with Gasteiger partial charge in [0.2, 0.25) is 0 Å². The van der Waals surface area contributed by atoms with Gasteiger partial charge in [0.1, 0.15) is 0 Å². The quantitative estimate of drug-likeness (QED) is 0.698. The molecule has 1 saturated heterocycles. The van der Waals surface area contributed by atoms with Crippen molar-refractivity contribution < 1.29 is 4.74 Å². The van der Waals surface area contributed by atoms with E-state index in [9.17, 15) is 0 Å². The number of nitrogens with one attached hydrogen (secondary N) is 1. The first-order valence-corrected chi connectivity index (χ1v) is 5.07. The zero-order valence-electron chi connectivity index (χ0n) is 8.36. The van der Waals surface area contributed by atoms with Crippen molar-refractivity contribution in [2.45, 2.75) is 44.6 Å². The molecule has 1 rings (SSSR count). The van der Waals surface area contributed by atoms with Crippen LogP contribution in [-0.4, -0.2) is 25.8 Å². The van der Waals surface area contributed by atoms with Gasteiger partial charge in [0.05, 0.1) is 0 Å². The van der Waals surface area contributed by atoms with E-state index in [-0.39, 0.29) is 0 Å². The summed E-state index contributed by atoms with van der Waals surface area (Å²) in [6.07, 6.45) is 6.45. The normalized spacial score (nSPS) is 30.5. The fraction of sp³-hybridized carbons (Fsp3) is 1.00. The van der Waals surface area contributed by atoms with E-state index in [0.717, 1.165) is 6.61 Å². The minimum Gasteiger partial charge on any atom is -0.385 e. The lowest BCUT2D eigenvalue weighted by molar-refractivity contribution is 0.134. The first-order chi connectivity index (χ1) is 5.83. The van der Waals surface area contributed by atoms with Crippen LogP contribution in [0.3, 0.4) is 0 Å². The number of rotatable bonds is 4. The van der Waals surface area contributed by atoms with Crippen LogP contribution in [-0.2, 0) is 4.74 Å². The largest absolute Gasteiger partial charge is 0.385 e. The summed E-state index contributed by atoms with van der Waals surface area (Å²) in [5, 5.41) is 3.64. The van der Waals surface area contributed by atoms with Gasteiger partial charge in [-0.15, -0.1) is 0 Å². The number of methoxy groups -OCH3 is 1. The Morgan fingerprint density at radius 3 is 2.75 bits per heavy atom. The Hall–Kier alpha value is -0.0800. The summed E-state index contributed by atoms with van der Waals surface area (Å²) in [5.74, 6) is 0. The molecule has 1 N–H and O–H groups in total. The van der Waals surface area contributed by atoms with Crippen LogP contribution in [0.2, 0.25) is 0 Å². The Bertz CT molecular complexity index is 119. The average molecular weight is 171 g/mol. The van der Waals surface area contributed by atoms with Crippen molar-refractivity contribution in [3.05, 3.63) is 0 Å². The Morgan fingerprint density at radius 1 is 1.42 bits per heavy atom. The molecular formula is C10H21NO. The first kappa shape index (κ1) is 10.0. The molecule has 0 aromatic heterocycles. The van der Waals surface area contributed by atoms with E-state index in [1.165, 1.54) is 38.6 Å². The van der Waals surface area contributed by atoms with E-state index >= 15 is 0 Å². The number of hydrogen-bond acceptors (Lipinski definition) is 2. The van der Waals surface area contributed by atoms with Gasteiger partial charge in [-0.3, -0.25) is 0 Å². The molecule has 1 atom stereocenters. The monoisotopic (exact) mass is 171 g/mol. The molecule has 1 fully saturated rings. The molecule has 1 unspecified atom stereocenters. The van der Waals surface area contributed by atoms with Crippen LogP contribution < -0.4 is 5.32 Å². The Balaban J connectivity index is 2.37. The smallest absolute Gasteiger partial charge is 0.0479 e. The molecule has 0 bridgehead atoms. The van der Waals surface area contributed by atoms with Gasteiger partial charge in [-0.2, -0.15) is 0 Å². The molecule has 2 heteroatoms. The van der Waals surface area contributed by atoms with E-state index in [0.29, 0.717) is 5.54 Å². The van der Waals surface area contributed by atoms with Gasteiger partial charge in [0.15, 0.2) is 0 Å². The van der Waals surface area contributed by atoms with Gasteiger partial charge in [-0.25, -0.2) is 0 Å². The van der Waals surface area contributed by atoms with Crippen LogP contribution in [0.25, 0.3) is 0 Å². The summed E-state index contributed by atoms with van der Waals surface area (Å²) < 4.78 is 5.13. The highest BCUT2D eigenvalue weighted by molar-refractivity contribution is 4.89. The fourth-order valence-electron chi connectivity index (χ4n) is 2.02. The van der Waals surface area contributed by atoms with Crippen molar-refractivity contribution in [1.29, 1.82) is 0 Å². The van der Waals surface area contributed by atoms with E-state index < -0.39 is 0 Å². The molecule has 0 radical (unpaired) electrons. The van der Waals surface area contributed by atoms with E-state index in [1.807, 2.05) is 0 Å². The third-order valence-electron chi connectivity index (χ3n) is 3.04. The second-order valence-electron chi connectivity index (χ2n) is 3.76. The van der Waals surface area contributed by atoms with Gasteiger partial charge in [-0.05, 0) is 32.2 Å². The van der Waals surface area contributed by atoms with Gasteiger partial charge in [0.25, 0.3) is 0 Å². The van der Waals surface area contributed by atoms with Gasteiger partial charge >= 0.3 is 0 Å². The molecular weight excluding hydrogens is 150 g/mol. The molecule has 0 aromatic rings. The highest BCUT2D eigenvalue weighted by Crippen LogP contribution is 2.25. The fourth-order valence-corrected chi connectivity index (χ4v) is 2.02. The summed E-state index contributed by atoms with van der Waals surface area (Å²) in [4.78, 5) is 0. The molecule has 1 aliphatic rings. The zero-order valence-corrected chi connectivity index (χ0v) is 8.36. The SMILES string of the molecule is CCC1(CCOC)CCCCN1. The van der Waals surface area contributed by atoms with Crippen LogP contribution in [0, 0.1) is 0 Å². The summed E-state index contributed by atoms with van der Waals surface area (Å²) in [7, 11) is 1.78. The second kappa shape index (κ2) is 4.83.